The van der Waals surface area contributed by atoms with Crippen molar-refractivity contribution in [3.63, 3.8) is 0 Å². The van der Waals surface area contributed by atoms with Crippen LogP contribution < -0.4 is 0 Å². The molecule has 0 N–H and O–H groups in total. The molecule has 222 valence electrons. The molecule has 38 heavy (non-hydrogen) atoms. The molecule has 0 spiro atoms. The van der Waals surface area contributed by atoms with Gasteiger partial charge in [-0.05, 0) is 112 Å². The Morgan fingerprint density at radius 3 is 1.68 bits per heavy atom. The van der Waals surface area contributed by atoms with Crippen LogP contribution in [-0.2, 0) is 0 Å². The van der Waals surface area contributed by atoms with Crippen molar-refractivity contribution in [2.75, 3.05) is 0 Å². The summed E-state index contributed by atoms with van der Waals surface area (Å²) in [6.45, 7) is 4.56. The predicted molar refractivity (Wildman–Crippen MR) is 156 cm³/mol. The second-order valence-corrected chi connectivity index (χ2v) is 14.7. The van der Waals surface area contributed by atoms with E-state index in [1.807, 2.05) is 0 Å². The second kappa shape index (κ2) is 15.7. The quantitative estimate of drug-likeness (QED) is 0.217. The van der Waals surface area contributed by atoms with Gasteiger partial charge < -0.3 is 0 Å². The van der Waals surface area contributed by atoms with Crippen LogP contribution in [0.15, 0.2) is 0 Å². The average Bonchev–Trinajstić information content (AvgIpc) is 2.92. The summed E-state index contributed by atoms with van der Waals surface area (Å²) < 4.78 is 45.6. The largest absolute Gasteiger partial charge is 0.247 e. The lowest BCUT2D eigenvalue weighted by atomic mass is 9.63. The van der Waals surface area contributed by atoms with E-state index in [1.165, 1.54) is 77.0 Å². The third kappa shape index (κ3) is 8.64. The van der Waals surface area contributed by atoms with Gasteiger partial charge in [0.2, 0.25) is 0 Å². The molecular weight excluding hydrogens is 477 g/mol. The van der Waals surface area contributed by atoms with E-state index in [-0.39, 0.29) is 11.8 Å². The molecule has 3 heteroatoms. The molecule has 0 aliphatic heterocycles. The molecular formula is C35H61F3. The Morgan fingerprint density at radius 2 is 1.08 bits per heavy atom. The van der Waals surface area contributed by atoms with Crippen molar-refractivity contribution in [3.8, 4) is 0 Å². The van der Waals surface area contributed by atoms with Crippen molar-refractivity contribution in [3.05, 3.63) is 0 Å². The number of alkyl halides is 3. The highest BCUT2D eigenvalue weighted by Crippen LogP contribution is 2.48. The molecule has 0 aromatic rings. The standard InChI is InChI=1S/C35H61F3/c1-3-4-5-6-7-9-27-16-21-30(33(36)24-27)11-8-10-26-14-19-29(20-15-26)32-23-22-31(34(37)35(32)38)28-17-12-25(2)13-18-28/h25-35H,3-24H2,1-2H3. The van der Waals surface area contributed by atoms with Crippen molar-refractivity contribution in [1.29, 1.82) is 0 Å². The topological polar surface area (TPSA) is 0 Å². The van der Waals surface area contributed by atoms with Crippen LogP contribution in [0.3, 0.4) is 0 Å². The van der Waals surface area contributed by atoms with E-state index < -0.39 is 18.5 Å². The fourth-order valence-electron chi connectivity index (χ4n) is 9.34. The maximum Gasteiger partial charge on any atom is 0.134 e. The van der Waals surface area contributed by atoms with Crippen LogP contribution in [0.4, 0.5) is 13.2 Å². The molecule has 4 aliphatic carbocycles. The fraction of sp³-hybridized carbons (Fsp3) is 1.00. The monoisotopic (exact) mass is 538 g/mol. The molecule has 4 saturated carbocycles. The van der Waals surface area contributed by atoms with E-state index in [4.69, 9.17) is 0 Å². The van der Waals surface area contributed by atoms with E-state index >= 15 is 8.78 Å². The van der Waals surface area contributed by atoms with Gasteiger partial charge in [-0.3, -0.25) is 0 Å². The van der Waals surface area contributed by atoms with E-state index in [1.54, 1.807) is 0 Å². The highest BCUT2D eigenvalue weighted by atomic mass is 19.2. The first-order valence-electron chi connectivity index (χ1n) is 17.4. The molecule has 4 fully saturated rings. The van der Waals surface area contributed by atoms with E-state index in [0.717, 1.165) is 76.0 Å². The predicted octanol–water partition coefficient (Wildman–Crippen LogP) is 11.6. The van der Waals surface area contributed by atoms with Crippen molar-refractivity contribution < 1.29 is 13.2 Å². The van der Waals surface area contributed by atoms with Crippen molar-refractivity contribution in [2.45, 2.75) is 174 Å². The number of unbranched alkanes of at least 4 members (excludes halogenated alkanes) is 4. The number of hydrogen-bond acceptors (Lipinski definition) is 0. The smallest absolute Gasteiger partial charge is 0.134 e. The maximum absolute atomic E-state index is 15.4. The third-order valence-electron chi connectivity index (χ3n) is 12.0. The van der Waals surface area contributed by atoms with E-state index in [2.05, 4.69) is 13.8 Å². The molecule has 7 unspecified atom stereocenters. The highest BCUT2D eigenvalue weighted by Gasteiger charge is 2.46. The van der Waals surface area contributed by atoms with Gasteiger partial charge in [-0.2, -0.15) is 0 Å². The maximum atomic E-state index is 15.4. The van der Waals surface area contributed by atoms with Gasteiger partial charge in [0.15, 0.2) is 0 Å². The van der Waals surface area contributed by atoms with Crippen LogP contribution in [0, 0.1) is 47.3 Å². The molecule has 0 bridgehead atoms. The second-order valence-electron chi connectivity index (χ2n) is 14.7. The van der Waals surface area contributed by atoms with Crippen LogP contribution in [0.5, 0.6) is 0 Å². The zero-order valence-electron chi connectivity index (χ0n) is 25.0. The van der Waals surface area contributed by atoms with Gasteiger partial charge in [0, 0.05) is 0 Å². The summed E-state index contributed by atoms with van der Waals surface area (Å²) in [5.41, 5.74) is 0. The Morgan fingerprint density at radius 1 is 0.526 bits per heavy atom. The average molecular weight is 539 g/mol. The van der Waals surface area contributed by atoms with Gasteiger partial charge >= 0.3 is 0 Å². The summed E-state index contributed by atoms with van der Waals surface area (Å²) >= 11 is 0. The molecule has 0 amide bonds. The lowest BCUT2D eigenvalue weighted by molar-refractivity contribution is -0.0366. The molecule has 0 saturated heterocycles. The van der Waals surface area contributed by atoms with Gasteiger partial charge in [-0.1, -0.05) is 90.9 Å². The molecule has 7 atom stereocenters. The minimum Gasteiger partial charge on any atom is -0.247 e. The molecule has 0 radical (unpaired) electrons. The first-order chi connectivity index (χ1) is 18.5. The molecule has 0 heterocycles. The molecule has 0 aromatic carbocycles. The van der Waals surface area contributed by atoms with Crippen molar-refractivity contribution in [2.24, 2.45) is 47.3 Å². The van der Waals surface area contributed by atoms with Gasteiger partial charge in [0.25, 0.3) is 0 Å². The summed E-state index contributed by atoms with van der Waals surface area (Å²) in [6.07, 6.45) is 22.4. The normalized spacial score (nSPS) is 42.7. The van der Waals surface area contributed by atoms with Crippen LogP contribution in [0.2, 0.25) is 0 Å². The minimum atomic E-state index is -1.23. The van der Waals surface area contributed by atoms with Crippen LogP contribution >= 0.6 is 0 Å². The molecule has 4 aliphatic rings. The van der Waals surface area contributed by atoms with E-state index in [0.29, 0.717) is 23.7 Å². The van der Waals surface area contributed by atoms with Crippen LogP contribution in [0.25, 0.3) is 0 Å². The van der Waals surface area contributed by atoms with Gasteiger partial charge in [0.1, 0.15) is 18.5 Å². The van der Waals surface area contributed by atoms with Crippen LogP contribution in [0.1, 0.15) is 155 Å². The van der Waals surface area contributed by atoms with Crippen molar-refractivity contribution >= 4 is 0 Å². The van der Waals surface area contributed by atoms with Crippen LogP contribution in [-0.4, -0.2) is 18.5 Å². The molecule has 0 nitrogen and oxygen atoms in total. The fourth-order valence-corrected chi connectivity index (χ4v) is 9.34. The number of rotatable bonds is 12. The Kier molecular flexibility index (Phi) is 12.7. The van der Waals surface area contributed by atoms with Gasteiger partial charge in [-0.25, -0.2) is 13.2 Å². The summed E-state index contributed by atoms with van der Waals surface area (Å²) in [6, 6.07) is 0. The summed E-state index contributed by atoms with van der Waals surface area (Å²) in [5, 5.41) is 0. The minimum absolute atomic E-state index is 0.0229. The molecule has 4 rings (SSSR count). The number of hydrogen-bond donors (Lipinski definition) is 0. The lowest BCUT2D eigenvalue weighted by Gasteiger charge is -2.44. The summed E-state index contributed by atoms with van der Waals surface area (Å²) in [5.74, 6) is 3.15. The summed E-state index contributed by atoms with van der Waals surface area (Å²) in [4.78, 5) is 0. The summed E-state index contributed by atoms with van der Waals surface area (Å²) in [7, 11) is 0. The van der Waals surface area contributed by atoms with Gasteiger partial charge in [-0.15, -0.1) is 0 Å². The zero-order valence-corrected chi connectivity index (χ0v) is 25.0. The van der Waals surface area contributed by atoms with Crippen molar-refractivity contribution in [1.82, 2.24) is 0 Å². The first-order valence-corrected chi connectivity index (χ1v) is 17.4. The Bertz CT molecular complexity index is 635. The Labute approximate surface area is 234 Å². The zero-order chi connectivity index (χ0) is 26.9. The van der Waals surface area contributed by atoms with E-state index in [9.17, 15) is 4.39 Å². The third-order valence-corrected chi connectivity index (χ3v) is 12.0. The Balaban J connectivity index is 1.09. The lowest BCUT2D eigenvalue weighted by Crippen LogP contribution is -2.45. The molecule has 0 aromatic heterocycles. The Hall–Kier alpha value is -0.210. The number of halogens is 3. The highest BCUT2D eigenvalue weighted by molar-refractivity contribution is 4.95. The first kappa shape index (κ1) is 30.7. The van der Waals surface area contributed by atoms with Gasteiger partial charge in [0.05, 0.1) is 0 Å². The SMILES string of the molecule is CCCCCCCC1CCC(CCCC2CCC(C3CCC(C4CCC(C)CC4)C(F)C3F)CC2)C(F)C1.